The summed E-state index contributed by atoms with van der Waals surface area (Å²) in [5.41, 5.74) is 4.80. The molecule has 2 amide bonds. The molecule has 2 aromatic heterocycles. The number of pyridine rings is 1. The number of hydrogen-bond acceptors (Lipinski definition) is 12. The number of anilines is 6. The third-order valence-corrected chi connectivity index (χ3v) is 16.5. The number of piperidine rings is 4. The number of carbonyl (C=O) groups is 2. The molecule has 4 saturated heterocycles. The number of ether oxygens (including phenoxy) is 1. The van der Waals surface area contributed by atoms with E-state index in [1.807, 2.05) is 4.90 Å². The SMILES string of the molecule is CCc1cc(Nc2ncc(Cl)c(Nc3ccc4nc(C)c(F)cc4c3P(C)(C)=O)n2)c(OC)cc1N1CCC2(CC1)CCN(C1CCN(c3cc(F)c([C@H]4CCC(=O)NC4=O)c(F)c3)CC1)CC2. The second kappa shape index (κ2) is 19.2. The van der Waals surface area contributed by atoms with Crippen molar-refractivity contribution in [1.82, 2.24) is 25.2 Å². The van der Waals surface area contributed by atoms with Crippen molar-refractivity contribution in [3.05, 3.63) is 88.0 Å². The molecule has 0 aliphatic carbocycles. The number of aryl methyl sites for hydroxylation is 2. The van der Waals surface area contributed by atoms with Gasteiger partial charge in [0.25, 0.3) is 0 Å². The minimum atomic E-state index is -2.95. The Morgan fingerprint density at radius 2 is 1.56 bits per heavy atom. The Morgan fingerprint density at radius 3 is 2.21 bits per heavy atom. The Labute approximate surface area is 399 Å². The second-order valence-corrected chi connectivity index (χ2v) is 22.7. The van der Waals surface area contributed by atoms with Gasteiger partial charge in [-0.1, -0.05) is 18.5 Å². The van der Waals surface area contributed by atoms with Gasteiger partial charge in [-0.3, -0.25) is 19.9 Å². The number of nitrogens with one attached hydrogen (secondary N) is 3. The lowest BCUT2D eigenvalue weighted by Crippen LogP contribution is -2.52. The van der Waals surface area contributed by atoms with Crippen molar-refractivity contribution in [3.8, 4) is 5.75 Å². The molecule has 6 heterocycles. The van der Waals surface area contributed by atoms with Crippen molar-refractivity contribution < 1.29 is 32.1 Å². The Kier molecular flexibility index (Phi) is 13.4. The van der Waals surface area contributed by atoms with Gasteiger partial charge in [-0.25, -0.2) is 18.2 Å². The molecular formula is C50H58ClF3N9O4P. The number of amides is 2. The molecule has 0 unspecified atom stereocenters. The summed E-state index contributed by atoms with van der Waals surface area (Å²) in [5, 5.41) is 9.94. The van der Waals surface area contributed by atoms with E-state index >= 15 is 8.78 Å². The predicted molar refractivity (Wildman–Crippen MR) is 263 cm³/mol. The number of nitrogens with zero attached hydrogens (tertiary/aromatic N) is 6. The Balaban J connectivity index is 0.814. The molecule has 68 heavy (non-hydrogen) atoms. The molecule has 4 aliphatic heterocycles. The normalized spacial score (nSPS) is 19.4. The molecule has 3 aromatic carbocycles. The number of halogens is 4. The molecule has 4 fully saturated rings. The first-order valence-electron chi connectivity index (χ1n) is 23.5. The maximum Gasteiger partial charge on any atom is 0.234 e. The van der Waals surface area contributed by atoms with Crippen LogP contribution in [-0.2, 0) is 20.6 Å². The summed E-state index contributed by atoms with van der Waals surface area (Å²) < 4.78 is 65.0. The van der Waals surface area contributed by atoms with Crippen LogP contribution in [0.25, 0.3) is 10.9 Å². The number of imide groups is 1. The molecule has 0 radical (unpaired) electrons. The summed E-state index contributed by atoms with van der Waals surface area (Å²) in [5.74, 6) is -2.85. The molecule has 0 bridgehead atoms. The highest BCUT2D eigenvalue weighted by Gasteiger charge is 2.40. The number of benzene rings is 3. The van der Waals surface area contributed by atoms with Gasteiger partial charge in [0, 0.05) is 72.3 Å². The smallest absolute Gasteiger partial charge is 0.234 e. The molecule has 1 spiro atoms. The first kappa shape index (κ1) is 47.6. The first-order valence-corrected chi connectivity index (χ1v) is 26.5. The zero-order valence-electron chi connectivity index (χ0n) is 39.2. The van der Waals surface area contributed by atoms with Crippen LogP contribution in [0, 0.1) is 29.8 Å². The third-order valence-electron chi connectivity index (χ3n) is 14.7. The standard InChI is InChI=1S/C50H58ClF3N9O4P/c1-6-30-23-41(58-49-55-28-35(51)47(60-49)57-40-9-8-39-34(46(40)68(4,5)66)26-36(52)29(2)56-39)43(67-3)27-42(30)63-21-15-50(16-22-63)13-19-62(20-14-50)31-11-17-61(18-12-31)32-24-37(53)45(38(54)25-32)33-7-10-44(64)59-48(33)65/h8-9,23-28,31,33H,6-7,10-22H2,1-5H3,(H,59,64,65)(H2,55,57,58,60)/t33-/m1/s1. The second-order valence-electron chi connectivity index (χ2n) is 19.2. The molecule has 3 N–H and O–H groups in total. The van der Waals surface area contributed by atoms with Crippen LogP contribution in [0.15, 0.2) is 48.7 Å². The lowest BCUT2D eigenvalue weighted by Gasteiger charge is -2.50. The zero-order chi connectivity index (χ0) is 48.1. The van der Waals surface area contributed by atoms with Gasteiger partial charge >= 0.3 is 0 Å². The molecule has 0 saturated carbocycles. The van der Waals surface area contributed by atoms with Gasteiger partial charge in [-0.2, -0.15) is 4.98 Å². The molecule has 18 heteroatoms. The lowest BCUT2D eigenvalue weighted by molar-refractivity contribution is -0.134. The van der Waals surface area contributed by atoms with E-state index in [-0.39, 0.29) is 46.3 Å². The van der Waals surface area contributed by atoms with E-state index in [2.05, 4.69) is 54.8 Å². The molecular weight excluding hydrogens is 914 g/mol. The Morgan fingerprint density at radius 1 is 0.868 bits per heavy atom. The van der Waals surface area contributed by atoms with Gasteiger partial charge in [0.05, 0.1) is 41.8 Å². The van der Waals surface area contributed by atoms with Gasteiger partial charge in [0.1, 0.15) is 35.4 Å². The van der Waals surface area contributed by atoms with Crippen LogP contribution in [-0.4, -0.2) is 97.4 Å². The summed E-state index contributed by atoms with van der Waals surface area (Å²) in [7, 11) is -1.31. The minimum absolute atomic E-state index is 0.0582. The minimum Gasteiger partial charge on any atom is -0.494 e. The van der Waals surface area contributed by atoms with Crippen LogP contribution in [0.1, 0.15) is 81.0 Å². The highest BCUT2D eigenvalue weighted by molar-refractivity contribution is 7.71. The highest BCUT2D eigenvalue weighted by atomic mass is 35.5. The fraction of sp³-hybridized carbons (Fsp3) is 0.460. The Bertz CT molecular complexity index is 2800. The van der Waals surface area contributed by atoms with E-state index in [1.165, 1.54) is 24.4 Å². The maximum absolute atomic E-state index is 15.3. The van der Waals surface area contributed by atoms with Gasteiger partial charge in [-0.15, -0.1) is 0 Å². The van der Waals surface area contributed by atoms with E-state index in [4.69, 9.17) is 21.3 Å². The van der Waals surface area contributed by atoms with E-state index in [1.54, 1.807) is 39.5 Å². The average Bonchev–Trinajstić information content (AvgIpc) is 3.31. The molecule has 9 rings (SSSR count). The summed E-state index contributed by atoms with van der Waals surface area (Å²) in [6.07, 6.45) is 8.72. The number of methoxy groups -OCH3 is 1. The summed E-state index contributed by atoms with van der Waals surface area (Å²) in [6, 6.07) is 12.2. The first-order chi connectivity index (χ1) is 32.5. The van der Waals surface area contributed by atoms with E-state index in [0.29, 0.717) is 58.2 Å². The van der Waals surface area contributed by atoms with Crippen molar-refractivity contribution in [2.24, 2.45) is 5.41 Å². The van der Waals surface area contributed by atoms with Crippen LogP contribution < -0.4 is 35.8 Å². The van der Waals surface area contributed by atoms with Crippen molar-refractivity contribution in [1.29, 1.82) is 0 Å². The quantitative estimate of drug-likeness (QED) is 0.0857. The van der Waals surface area contributed by atoms with Gasteiger partial charge < -0.3 is 34.6 Å². The molecule has 1 atom stereocenters. The third kappa shape index (κ3) is 9.60. The van der Waals surface area contributed by atoms with Crippen LogP contribution >= 0.6 is 18.7 Å². The highest BCUT2D eigenvalue weighted by Crippen LogP contribution is 2.46. The van der Waals surface area contributed by atoms with Crippen LogP contribution in [0.4, 0.5) is 47.7 Å². The fourth-order valence-corrected chi connectivity index (χ4v) is 12.4. The number of rotatable bonds is 11. The van der Waals surface area contributed by atoms with Crippen LogP contribution in [0.3, 0.4) is 0 Å². The molecule has 360 valence electrons. The number of aromatic nitrogens is 3. The molecule has 5 aromatic rings. The van der Waals surface area contributed by atoms with Gasteiger partial charge in [0.15, 0.2) is 5.82 Å². The largest absolute Gasteiger partial charge is 0.494 e. The number of carbonyl (C=O) groups excluding carboxylic acids is 2. The van der Waals surface area contributed by atoms with Crippen LogP contribution in [0.2, 0.25) is 5.02 Å². The van der Waals surface area contributed by atoms with Gasteiger partial charge in [0.2, 0.25) is 17.8 Å². The molecule has 13 nitrogen and oxygen atoms in total. The van der Waals surface area contributed by atoms with E-state index in [0.717, 1.165) is 82.4 Å². The summed E-state index contributed by atoms with van der Waals surface area (Å²) in [6.45, 7) is 12.3. The number of likely N-dealkylation sites (tertiary alicyclic amines) is 1. The van der Waals surface area contributed by atoms with Crippen molar-refractivity contribution >= 4 is 81.3 Å². The average molecular weight is 972 g/mol. The number of hydrogen-bond donors (Lipinski definition) is 3. The number of fused-ring (bicyclic) bond motifs is 1. The predicted octanol–water partition coefficient (Wildman–Crippen LogP) is 9.58. The topological polar surface area (TPSA) is 145 Å². The van der Waals surface area contributed by atoms with Gasteiger partial charge in [-0.05, 0) is 132 Å². The summed E-state index contributed by atoms with van der Waals surface area (Å²) >= 11 is 6.62. The van der Waals surface area contributed by atoms with E-state index < -0.39 is 42.3 Å². The van der Waals surface area contributed by atoms with Crippen LogP contribution in [0.5, 0.6) is 5.75 Å². The monoisotopic (exact) mass is 971 g/mol. The summed E-state index contributed by atoms with van der Waals surface area (Å²) in [4.78, 5) is 44.6. The zero-order valence-corrected chi connectivity index (χ0v) is 40.8. The molecule has 4 aliphatic rings. The van der Waals surface area contributed by atoms with E-state index in [9.17, 15) is 18.5 Å². The maximum atomic E-state index is 15.3. The van der Waals surface area contributed by atoms with Crippen molar-refractivity contribution in [2.75, 3.05) is 80.1 Å². The van der Waals surface area contributed by atoms with Crippen molar-refractivity contribution in [3.63, 3.8) is 0 Å². The van der Waals surface area contributed by atoms with Crippen molar-refractivity contribution in [2.45, 2.75) is 83.6 Å². The lowest BCUT2D eigenvalue weighted by atomic mass is 9.70. The fourth-order valence-electron chi connectivity index (χ4n) is 10.8. The Hall–Kier alpha value is -5.44.